The van der Waals surface area contributed by atoms with Gasteiger partial charge in [-0.25, -0.2) is 0 Å². The number of carboxylic acid groups (broad SMARTS) is 1. The van der Waals surface area contributed by atoms with Crippen molar-refractivity contribution in [2.75, 3.05) is 18.1 Å². The average Bonchev–Trinajstić information content (AvgIpc) is 3.00. The van der Waals surface area contributed by atoms with Crippen LogP contribution in [0, 0.1) is 0 Å². The van der Waals surface area contributed by atoms with E-state index in [1.807, 2.05) is 0 Å². The first kappa shape index (κ1) is 23.6. The van der Waals surface area contributed by atoms with E-state index in [4.69, 9.17) is 21.7 Å². The molecule has 1 fully saturated rings. The number of thiocarbonyl (C=S) groups is 1. The van der Waals surface area contributed by atoms with Crippen molar-refractivity contribution in [2.24, 2.45) is 0 Å². The maximum Gasteiger partial charge on any atom is 0.416 e. The van der Waals surface area contributed by atoms with E-state index < -0.39 is 30.2 Å². The molecule has 0 aliphatic carbocycles. The number of benzene rings is 2. The number of thioether (sulfide) groups is 1. The molecule has 2 aromatic rings. The summed E-state index contributed by atoms with van der Waals surface area (Å²) in [7, 11) is 0. The standard InChI is InChI=1S/C21H16F3NO5S2/c1-2-29-16-8-12(6-7-15(16)30-11-18(26)27)9-17-19(28)25(20(31)32-17)14-5-3-4-13(10-14)21(22,23)24/h3-10H,2,11H2,1H3,(H,26,27)/p-1/b17-9+. The Morgan fingerprint density at radius 1 is 1.19 bits per heavy atom. The van der Waals surface area contributed by atoms with Crippen molar-refractivity contribution in [3.63, 3.8) is 0 Å². The van der Waals surface area contributed by atoms with Crippen LogP contribution < -0.4 is 19.5 Å². The molecule has 3 rings (SSSR count). The molecule has 0 saturated carbocycles. The molecule has 6 nitrogen and oxygen atoms in total. The topological polar surface area (TPSA) is 78.9 Å². The maximum atomic E-state index is 13.0. The third kappa shape index (κ3) is 5.40. The number of rotatable bonds is 7. The number of alkyl halides is 3. The van der Waals surface area contributed by atoms with Crippen molar-refractivity contribution < 1.29 is 37.3 Å². The Labute approximate surface area is 190 Å². The molecule has 0 N–H and O–H groups in total. The number of carbonyl (C=O) groups excluding carboxylic acids is 2. The monoisotopic (exact) mass is 482 g/mol. The van der Waals surface area contributed by atoms with E-state index in [1.54, 1.807) is 19.1 Å². The van der Waals surface area contributed by atoms with E-state index >= 15 is 0 Å². The van der Waals surface area contributed by atoms with Crippen molar-refractivity contribution in [1.29, 1.82) is 0 Å². The molecule has 0 spiro atoms. The minimum Gasteiger partial charge on any atom is -0.546 e. The van der Waals surface area contributed by atoms with Gasteiger partial charge < -0.3 is 19.4 Å². The second-order valence-corrected chi connectivity index (χ2v) is 8.04. The highest BCUT2D eigenvalue weighted by Gasteiger charge is 2.36. The van der Waals surface area contributed by atoms with Gasteiger partial charge >= 0.3 is 6.18 Å². The molecule has 1 amide bonds. The summed E-state index contributed by atoms with van der Waals surface area (Å²) in [6.07, 6.45) is -3.04. The second-order valence-electron chi connectivity index (χ2n) is 6.37. The van der Waals surface area contributed by atoms with Crippen LogP contribution in [0.15, 0.2) is 47.4 Å². The highest BCUT2D eigenvalue weighted by molar-refractivity contribution is 8.27. The quantitative estimate of drug-likeness (QED) is 0.440. The van der Waals surface area contributed by atoms with Crippen LogP contribution >= 0.6 is 24.0 Å². The second kappa shape index (κ2) is 9.61. The number of amides is 1. The van der Waals surface area contributed by atoms with Gasteiger partial charge in [-0.2, -0.15) is 13.2 Å². The minimum absolute atomic E-state index is 0.0201. The Morgan fingerprint density at radius 2 is 1.94 bits per heavy atom. The zero-order valence-electron chi connectivity index (χ0n) is 16.5. The van der Waals surface area contributed by atoms with Crippen molar-refractivity contribution in [3.05, 3.63) is 58.5 Å². The Hall–Kier alpha value is -3.05. The van der Waals surface area contributed by atoms with Crippen LogP contribution in [0.1, 0.15) is 18.1 Å². The molecule has 32 heavy (non-hydrogen) atoms. The SMILES string of the molecule is CCOc1cc(/C=C2/SC(=S)N(c3cccc(C(F)(F)F)c3)C2=O)ccc1OCC(=O)[O-]. The lowest BCUT2D eigenvalue weighted by Crippen LogP contribution is -2.29. The maximum absolute atomic E-state index is 13.0. The first-order valence-electron chi connectivity index (χ1n) is 9.15. The largest absolute Gasteiger partial charge is 0.546 e. The van der Waals surface area contributed by atoms with E-state index in [1.165, 1.54) is 24.3 Å². The first-order chi connectivity index (χ1) is 15.1. The fraction of sp³-hybridized carbons (Fsp3) is 0.190. The van der Waals surface area contributed by atoms with Crippen LogP contribution in [0.25, 0.3) is 6.08 Å². The summed E-state index contributed by atoms with van der Waals surface area (Å²) in [6, 6.07) is 8.96. The van der Waals surface area contributed by atoms with E-state index in [-0.39, 0.29) is 33.0 Å². The highest BCUT2D eigenvalue weighted by Crippen LogP contribution is 2.39. The molecular weight excluding hydrogens is 467 g/mol. The van der Waals surface area contributed by atoms with Crippen LogP contribution in [0.4, 0.5) is 18.9 Å². The van der Waals surface area contributed by atoms with Gasteiger partial charge in [0.1, 0.15) is 6.61 Å². The lowest BCUT2D eigenvalue weighted by atomic mass is 10.1. The Morgan fingerprint density at radius 3 is 2.59 bits per heavy atom. The van der Waals surface area contributed by atoms with Gasteiger partial charge in [-0.1, -0.05) is 36.1 Å². The van der Waals surface area contributed by atoms with Gasteiger partial charge in [0.05, 0.1) is 28.7 Å². The average molecular weight is 482 g/mol. The molecule has 0 atom stereocenters. The zero-order chi connectivity index (χ0) is 23.5. The molecule has 0 bridgehead atoms. The number of hydrogen-bond acceptors (Lipinski definition) is 7. The van der Waals surface area contributed by atoms with Crippen LogP contribution in [0.2, 0.25) is 0 Å². The molecule has 1 saturated heterocycles. The molecule has 1 aliphatic rings. The fourth-order valence-electron chi connectivity index (χ4n) is 2.80. The number of ether oxygens (including phenoxy) is 2. The molecule has 168 valence electrons. The van der Waals surface area contributed by atoms with Crippen LogP contribution in [-0.4, -0.2) is 29.4 Å². The molecule has 1 heterocycles. The van der Waals surface area contributed by atoms with E-state index in [9.17, 15) is 27.9 Å². The number of anilines is 1. The summed E-state index contributed by atoms with van der Waals surface area (Å²) in [5.74, 6) is -1.51. The van der Waals surface area contributed by atoms with E-state index in [0.717, 1.165) is 28.8 Å². The number of nitrogens with zero attached hydrogens (tertiary/aromatic N) is 1. The van der Waals surface area contributed by atoms with Gasteiger partial charge in [0.25, 0.3) is 5.91 Å². The van der Waals surface area contributed by atoms with Crippen molar-refractivity contribution in [3.8, 4) is 11.5 Å². The third-order valence-corrected chi connectivity index (χ3v) is 5.44. The third-order valence-electron chi connectivity index (χ3n) is 4.14. The summed E-state index contributed by atoms with van der Waals surface area (Å²) >= 11 is 6.17. The van der Waals surface area contributed by atoms with Crippen molar-refractivity contribution in [1.82, 2.24) is 0 Å². The molecule has 0 radical (unpaired) electrons. The number of aliphatic carboxylic acids is 1. The minimum atomic E-state index is -4.55. The summed E-state index contributed by atoms with van der Waals surface area (Å²) in [5.41, 5.74) is -0.341. The van der Waals surface area contributed by atoms with Gasteiger partial charge in [-0.3, -0.25) is 9.69 Å². The zero-order valence-corrected chi connectivity index (χ0v) is 18.1. The van der Waals surface area contributed by atoms with E-state index in [0.29, 0.717) is 5.56 Å². The number of halogens is 3. The summed E-state index contributed by atoms with van der Waals surface area (Å²) in [4.78, 5) is 24.8. The number of carbonyl (C=O) groups is 2. The van der Waals surface area contributed by atoms with Crippen LogP contribution in [-0.2, 0) is 15.8 Å². The Bertz CT molecular complexity index is 1100. The van der Waals surface area contributed by atoms with Crippen LogP contribution in [0.3, 0.4) is 0 Å². The molecule has 0 aromatic heterocycles. The molecule has 11 heteroatoms. The smallest absolute Gasteiger partial charge is 0.416 e. The summed E-state index contributed by atoms with van der Waals surface area (Å²) in [6.45, 7) is 1.35. The highest BCUT2D eigenvalue weighted by atomic mass is 32.2. The van der Waals surface area contributed by atoms with Gasteiger partial charge in [-0.05, 0) is 48.9 Å². The molecular formula is C21H15F3NO5S2-. The molecule has 2 aromatic carbocycles. The van der Waals surface area contributed by atoms with Crippen molar-refractivity contribution >= 4 is 51.9 Å². The Kier molecular flexibility index (Phi) is 7.09. The predicted octanol–water partition coefficient (Wildman–Crippen LogP) is 3.64. The number of carboxylic acids is 1. The van der Waals surface area contributed by atoms with Gasteiger partial charge in [0.15, 0.2) is 15.8 Å². The lowest BCUT2D eigenvalue weighted by molar-refractivity contribution is -0.307. The first-order valence-corrected chi connectivity index (χ1v) is 10.4. The lowest BCUT2D eigenvalue weighted by Gasteiger charge is -2.16. The normalized spacial score (nSPS) is 15.4. The molecule has 0 unspecified atom stereocenters. The molecule has 1 aliphatic heterocycles. The number of hydrogen-bond donors (Lipinski definition) is 0. The van der Waals surface area contributed by atoms with Gasteiger partial charge in [-0.15, -0.1) is 0 Å². The fourth-order valence-corrected chi connectivity index (χ4v) is 4.10. The summed E-state index contributed by atoms with van der Waals surface area (Å²) < 4.78 is 49.8. The predicted molar refractivity (Wildman–Crippen MR) is 115 cm³/mol. The van der Waals surface area contributed by atoms with Crippen molar-refractivity contribution in [2.45, 2.75) is 13.1 Å². The van der Waals surface area contributed by atoms with E-state index in [2.05, 4.69) is 0 Å². The van der Waals surface area contributed by atoms with Gasteiger partial charge in [0.2, 0.25) is 0 Å². The van der Waals surface area contributed by atoms with Crippen LogP contribution in [0.5, 0.6) is 11.5 Å². The van der Waals surface area contributed by atoms with Gasteiger partial charge in [0, 0.05) is 0 Å². The Balaban J connectivity index is 1.89. The summed E-state index contributed by atoms with van der Waals surface area (Å²) in [5, 5.41) is 10.6.